The fourth-order valence-electron chi connectivity index (χ4n) is 7.21. The minimum atomic E-state index is -1.62. The fourth-order valence-corrected chi connectivity index (χ4v) is 11.6. The molecular weight excluding hydrogens is 590 g/mol. The van der Waals surface area contributed by atoms with Gasteiger partial charge in [0.05, 0.1) is 6.61 Å². The number of hydrogen-bond donors (Lipinski definition) is 0. The second-order valence-electron chi connectivity index (χ2n) is 12.8. The molecule has 5 heteroatoms. The molecule has 0 aliphatic heterocycles. The average molecular weight is 627 g/mol. The second kappa shape index (κ2) is 11.5. The quantitative estimate of drug-likeness (QED) is 0.172. The number of benzene rings is 6. The first-order valence-electron chi connectivity index (χ1n) is 15.7. The molecule has 1 fully saturated rings. The Morgan fingerprint density at radius 3 is 1.60 bits per heavy atom. The van der Waals surface area contributed by atoms with Crippen LogP contribution in [0.3, 0.4) is 0 Å². The Balaban J connectivity index is 1.13. The lowest BCUT2D eigenvalue weighted by molar-refractivity contribution is 0.172. The molecule has 0 spiro atoms. The zero-order valence-electron chi connectivity index (χ0n) is 25.9. The Bertz CT molecular complexity index is 2070. The summed E-state index contributed by atoms with van der Waals surface area (Å²) in [6, 6.07) is 43.8. The van der Waals surface area contributed by atoms with Crippen LogP contribution in [0.2, 0.25) is 0 Å². The smallest absolute Gasteiger partial charge is 0.387 e. The van der Waals surface area contributed by atoms with Crippen molar-refractivity contribution >= 4 is 70.3 Å². The summed E-state index contributed by atoms with van der Waals surface area (Å²) in [6.45, 7) is 7.43. The molecule has 0 radical (unpaired) electrons. The van der Waals surface area contributed by atoms with Gasteiger partial charge in [0.25, 0.3) is 0 Å². The standard InChI is InChI=1S/C40H36O3P2/c1-27-12-18-32(19-13-27)44(33-20-14-28(2)15-21-33)40(3)24-29(25-40)26-41-45-42-36-22-16-30-8-4-6-10-34(30)38(36)39-35-11-7-5-9-31(35)17-23-37(39)43-45/h4-23,29H,24-26H2,1-3H3. The van der Waals surface area contributed by atoms with E-state index in [-0.39, 0.29) is 5.16 Å². The largest absolute Gasteiger partial charge is 0.399 e. The molecule has 0 amide bonds. The van der Waals surface area contributed by atoms with E-state index in [0.717, 1.165) is 45.6 Å². The molecule has 0 unspecified atom stereocenters. The summed E-state index contributed by atoms with van der Waals surface area (Å²) in [5, 5.41) is 9.94. The summed E-state index contributed by atoms with van der Waals surface area (Å²) < 4.78 is 19.7. The van der Waals surface area contributed by atoms with E-state index >= 15 is 0 Å². The van der Waals surface area contributed by atoms with Crippen LogP contribution in [0.4, 0.5) is 0 Å². The molecule has 0 N–H and O–H groups in total. The van der Waals surface area contributed by atoms with Crippen molar-refractivity contribution in [3.63, 3.8) is 0 Å². The van der Waals surface area contributed by atoms with Crippen molar-refractivity contribution in [2.75, 3.05) is 6.61 Å². The topological polar surface area (TPSA) is 35.5 Å². The third-order valence-corrected chi connectivity index (χ3v) is 13.5. The first-order chi connectivity index (χ1) is 21.9. The van der Waals surface area contributed by atoms with E-state index in [1.54, 1.807) is 0 Å². The van der Waals surface area contributed by atoms with Gasteiger partial charge >= 0.3 is 8.24 Å². The highest BCUT2D eigenvalue weighted by Crippen LogP contribution is 2.60. The third-order valence-electron chi connectivity index (χ3n) is 9.37. The fraction of sp³-hybridized carbons (Fsp3) is 0.200. The Morgan fingerprint density at radius 2 is 1.11 bits per heavy atom. The highest BCUT2D eigenvalue weighted by molar-refractivity contribution is 7.74. The molecular formula is C40H36O3P2. The van der Waals surface area contributed by atoms with Gasteiger partial charge in [-0.2, -0.15) is 0 Å². The van der Waals surface area contributed by atoms with Crippen molar-refractivity contribution in [3.05, 3.63) is 132 Å². The number of fused-ring (bicyclic) bond motifs is 7. The molecule has 1 aliphatic carbocycles. The maximum Gasteiger partial charge on any atom is 0.387 e. The molecule has 1 aliphatic rings. The van der Waals surface area contributed by atoms with Gasteiger partial charge in [0.15, 0.2) is 0 Å². The highest BCUT2D eigenvalue weighted by atomic mass is 31.1. The molecule has 0 saturated heterocycles. The van der Waals surface area contributed by atoms with Crippen LogP contribution in [0.15, 0.2) is 130 Å². The third kappa shape index (κ3) is 5.28. The predicted molar refractivity (Wildman–Crippen MR) is 192 cm³/mol. The van der Waals surface area contributed by atoms with Gasteiger partial charge in [0.1, 0.15) is 11.2 Å². The van der Waals surface area contributed by atoms with Crippen molar-refractivity contribution in [1.29, 1.82) is 0 Å². The van der Waals surface area contributed by atoms with Crippen LogP contribution >= 0.6 is 16.2 Å². The minimum Gasteiger partial charge on any atom is -0.399 e. The average Bonchev–Trinajstić information content (AvgIpc) is 3.21. The Kier molecular flexibility index (Phi) is 7.30. The molecule has 224 valence electrons. The molecule has 7 aromatic rings. The van der Waals surface area contributed by atoms with E-state index < -0.39 is 16.2 Å². The summed E-state index contributed by atoms with van der Waals surface area (Å²) >= 11 is 0. The van der Waals surface area contributed by atoms with Crippen LogP contribution in [-0.2, 0) is 0 Å². The Morgan fingerprint density at radius 1 is 0.644 bits per heavy atom. The van der Waals surface area contributed by atoms with Crippen LogP contribution in [0, 0.1) is 19.8 Å². The van der Waals surface area contributed by atoms with Crippen LogP contribution < -0.4 is 15.1 Å². The molecule has 6 aromatic carbocycles. The Labute approximate surface area is 266 Å². The van der Waals surface area contributed by atoms with E-state index in [0.29, 0.717) is 12.5 Å². The summed E-state index contributed by atoms with van der Waals surface area (Å²) in [7, 11) is -2.13. The van der Waals surface area contributed by atoms with Gasteiger partial charge < -0.3 is 8.39 Å². The van der Waals surface area contributed by atoms with Gasteiger partial charge in [-0.25, -0.2) is 0 Å². The first kappa shape index (κ1) is 28.6. The zero-order valence-corrected chi connectivity index (χ0v) is 27.7. The summed E-state index contributed by atoms with van der Waals surface area (Å²) in [5.74, 6) is 0.459. The van der Waals surface area contributed by atoms with E-state index in [1.165, 1.54) is 32.5 Å². The van der Waals surface area contributed by atoms with Gasteiger partial charge in [-0.3, -0.25) is 4.52 Å². The molecule has 8 rings (SSSR count). The molecule has 1 heterocycles. The van der Waals surface area contributed by atoms with Gasteiger partial charge in [-0.15, -0.1) is 0 Å². The molecule has 0 atom stereocenters. The Hall–Kier alpha value is -3.87. The van der Waals surface area contributed by atoms with E-state index in [4.69, 9.17) is 12.9 Å². The lowest BCUT2D eigenvalue weighted by Gasteiger charge is -2.50. The highest BCUT2D eigenvalue weighted by Gasteiger charge is 2.47. The second-order valence-corrected chi connectivity index (χ2v) is 16.7. The maximum atomic E-state index is 6.60. The van der Waals surface area contributed by atoms with E-state index in [9.17, 15) is 0 Å². The number of hydrogen-bond acceptors (Lipinski definition) is 3. The summed E-state index contributed by atoms with van der Waals surface area (Å²) in [4.78, 5) is 0. The van der Waals surface area contributed by atoms with Gasteiger partial charge in [-0.1, -0.05) is 127 Å². The van der Waals surface area contributed by atoms with Crippen LogP contribution in [0.25, 0.3) is 43.5 Å². The van der Waals surface area contributed by atoms with Crippen LogP contribution in [-0.4, -0.2) is 11.8 Å². The normalized spacial score (nSPS) is 18.2. The van der Waals surface area contributed by atoms with Crippen molar-refractivity contribution in [2.24, 2.45) is 5.92 Å². The molecule has 3 nitrogen and oxygen atoms in total. The monoisotopic (exact) mass is 626 g/mol. The van der Waals surface area contributed by atoms with E-state index in [1.807, 2.05) is 0 Å². The van der Waals surface area contributed by atoms with E-state index in [2.05, 4.69) is 142 Å². The molecule has 45 heavy (non-hydrogen) atoms. The maximum absolute atomic E-state index is 6.60. The first-order valence-corrected chi connectivity index (χ1v) is 18.2. The minimum absolute atomic E-state index is 0.212. The van der Waals surface area contributed by atoms with Crippen molar-refractivity contribution in [3.8, 4) is 0 Å². The molecule has 1 saturated carbocycles. The zero-order chi connectivity index (χ0) is 30.5. The summed E-state index contributed by atoms with van der Waals surface area (Å²) in [6.07, 6.45) is 2.23. The van der Waals surface area contributed by atoms with Crippen molar-refractivity contribution < 1.29 is 12.9 Å². The molecule has 0 bridgehead atoms. The SMILES string of the molecule is Cc1ccc(P(c2ccc(C)cc2)C2(C)CC(COp3oc4ccc5ccccc5c4c4c(ccc5ccccc54)o3)C2)cc1. The van der Waals surface area contributed by atoms with Gasteiger partial charge in [0, 0.05) is 10.8 Å². The summed E-state index contributed by atoms with van der Waals surface area (Å²) in [5.41, 5.74) is 4.24. The van der Waals surface area contributed by atoms with Crippen molar-refractivity contribution in [1.82, 2.24) is 0 Å². The lowest BCUT2D eigenvalue weighted by atomic mass is 9.76. The van der Waals surface area contributed by atoms with Crippen LogP contribution in [0.5, 0.6) is 0 Å². The molecule has 1 aromatic heterocycles. The van der Waals surface area contributed by atoms with Gasteiger partial charge in [-0.05, 0) is 90.0 Å². The van der Waals surface area contributed by atoms with Crippen LogP contribution in [0.1, 0.15) is 30.9 Å². The predicted octanol–water partition coefficient (Wildman–Crippen LogP) is 10.9. The van der Waals surface area contributed by atoms with Crippen molar-refractivity contribution in [2.45, 2.75) is 38.8 Å². The van der Waals surface area contributed by atoms with Gasteiger partial charge in [0.2, 0.25) is 0 Å². The number of rotatable bonds is 6. The lowest BCUT2D eigenvalue weighted by Crippen LogP contribution is -2.46. The number of aryl methyl sites for hydroxylation is 2.